The van der Waals surface area contributed by atoms with Gasteiger partial charge in [-0.3, -0.25) is 0 Å². The number of hydrogen-bond acceptors (Lipinski definition) is 2. The number of nitrogens with one attached hydrogen (secondary N) is 1. The van der Waals surface area contributed by atoms with E-state index in [1.807, 2.05) is 6.07 Å². The molecule has 1 nitrogen and oxygen atoms in total. The lowest BCUT2D eigenvalue weighted by molar-refractivity contribution is 0.641. The van der Waals surface area contributed by atoms with Crippen LogP contribution in [0.25, 0.3) is 10.1 Å². The smallest absolute Gasteiger partial charge is 0.141 e. The first-order valence-electron chi connectivity index (χ1n) is 6.17. The highest BCUT2D eigenvalue weighted by Gasteiger charge is 2.13. The third-order valence-corrected chi connectivity index (χ3v) is 4.15. The van der Waals surface area contributed by atoms with E-state index in [0.29, 0.717) is 0 Å². The normalized spacial score (nSPS) is 11.2. The van der Waals surface area contributed by atoms with Gasteiger partial charge < -0.3 is 5.32 Å². The van der Waals surface area contributed by atoms with Crippen molar-refractivity contribution in [3.05, 3.63) is 34.5 Å². The van der Waals surface area contributed by atoms with Crippen LogP contribution in [0.2, 0.25) is 0 Å². The Labute approximate surface area is 106 Å². The number of hydrogen-bond donors (Lipinski definition) is 1. The summed E-state index contributed by atoms with van der Waals surface area (Å²) < 4.78 is 14.5. The van der Waals surface area contributed by atoms with Gasteiger partial charge >= 0.3 is 0 Å². The molecule has 0 spiro atoms. The Morgan fingerprint density at radius 1 is 1.29 bits per heavy atom. The quantitative estimate of drug-likeness (QED) is 0.843. The molecule has 1 aromatic carbocycles. The van der Waals surface area contributed by atoms with Crippen molar-refractivity contribution in [3.8, 4) is 0 Å². The fraction of sp³-hybridized carbons (Fsp3) is 0.429. The molecule has 0 fully saturated rings. The van der Waals surface area contributed by atoms with Gasteiger partial charge in [-0.1, -0.05) is 32.4 Å². The second-order valence-corrected chi connectivity index (χ2v) is 5.26. The van der Waals surface area contributed by atoms with Gasteiger partial charge in [0.15, 0.2) is 0 Å². The summed E-state index contributed by atoms with van der Waals surface area (Å²) in [5.41, 5.74) is 1.33. The Morgan fingerprint density at radius 3 is 2.82 bits per heavy atom. The standard InChI is InChI=1S/C14H18FNS/c1-3-6-10-11-7-5-8-12(15)14(11)17-13(10)9-16-4-2/h5,7-8,16H,3-4,6,9H2,1-2H3. The van der Waals surface area contributed by atoms with Gasteiger partial charge in [-0.2, -0.15) is 0 Å². The summed E-state index contributed by atoms with van der Waals surface area (Å²) >= 11 is 1.59. The Morgan fingerprint density at radius 2 is 2.12 bits per heavy atom. The number of rotatable bonds is 5. The highest BCUT2D eigenvalue weighted by Crippen LogP contribution is 2.33. The second-order valence-electron chi connectivity index (χ2n) is 4.15. The van der Waals surface area contributed by atoms with Crippen molar-refractivity contribution in [1.82, 2.24) is 5.32 Å². The molecule has 0 aliphatic carbocycles. The number of aryl methyl sites for hydroxylation is 1. The number of halogens is 1. The van der Waals surface area contributed by atoms with Crippen LogP contribution in [0.1, 0.15) is 30.7 Å². The van der Waals surface area contributed by atoms with E-state index in [1.54, 1.807) is 23.5 Å². The van der Waals surface area contributed by atoms with Crippen molar-refractivity contribution in [2.75, 3.05) is 6.54 Å². The van der Waals surface area contributed by atoms with Gasteiger partial charge in [-0.05, 0) is 30.0 Å². The van der Waals surface area contributed by atoms with Crippen LogP contribution in [0.5, 0.6) is 0 Å². The average molecular weight is 251 g/mol. The van der Waals surface area contributed by atoms with Crippen molar-refractivity contribution in [2.24, 2.45) is 0 Å². The van der Waals surface area contributed by atoms with Gasteiger partial charge in [0, 0.05) is 11.4 Å². The zero-order chi connectivity index (χ0) is 12.3. The molecule has 3 heteroatoms. The Balaban J connectivity index is 2.49. The topological polar surface area (TPSA) is 12.0 Å². The predicted octanol–water partition coefficient (Wildman–Crippen LogP) is 4.10. The SMILES string of the molecule is CCCc1c(CNCC)sc2c(F)cccc12. The molecule has 0 aliphatic heterocycles. The Bertz CT molecular complexity index is 504. The second kappa shape index (κ2) is 5.61. The summed E-state index contributed by atoms with van der Waals surface area (Å²) in [6, 6.07) is 5.39. The molecular formula is C14H18FNS. The average Bonchev–Trinajstić information content (AvgIpc) is 2.67. The largest absolute Gasteiger partial charge is 0.312 e. The van der Waals surface area contributed by atoms with Crippen LogP contribution < -0.4 is 5.32 Å². The molecule has 2 aromatic rings. The molecule has 0 atom stereocenters. The zero-order valence-electron chi connectivity index (χ0n) is 10.3. The van der Waals surface area contributed by atoms with Crippen LogP contribution >= 0.6 is 11.3 Å². The first kappa shape index (κ1) is 12.5. The minimum Gasteiger partial charge on any atom is -0.312 e. The molecule has 92 valence electrons. The van der Waals surface area contributed by atoms with E-state index in [4.69, 9.17) is 0 Å². The Hall–Kier alpha value is -0.930. The van der Waals surface area contributed by atoms with Crippen molar-refractivity contribution in [1.29, 1.82) is 0 Å². The van der Waals surface area contributed by atoms with Crippen molar-refractivity contribution in [2.45, 2.75) is 33.2 Å². The van der Waals surface area contributed by atoms with Crippen LogP contribution in [0.15, 0.2) is 18.2 Å². The lowest BCUT2D eigenvalue weighted by atomic mass is 10.1. The molecule has 0 aliphatic rings. The number of benzene rings is 1. The summed E-state index contributed by atoms with van der Waals surface area (Å²) in [7, 11) is 0. The third-order valence-electron chi connectivity index (χ3n) is 2.89. The van der Waals surface area contributed by atoms with Gasteiger partial charge in [0.25, 0.3) is 0 Å². The molecule has 0 saturated carbocycles. The molecule has 1 aromatic heterocycles. The first-order chi connectivity index (χ1) is 8.27. The maximum Gasteiger partial charge on any atom is 0.141 e. The van der Waals surface area contributed by atoms with E-state index in [2.05, 4.69) is 19.2 Å². The van der Waals surface area contributed by atoms with Gasteiger partial charge in [0.1, 0.15) is 5.82 Å². The van der Waals surface area contributed by atoms with Crippen LogP contribution in [0.3, 0.4) is 0 Å². The fourth-order valence-corrected chi connectivity index (χ4v) is 3.31. The summed E-state index contributed by atoms with van der Waals surface area (Å²) in [4.78, 5) is 1.29. The molecule has 1 N–H and O–H groups in total. The summed E-state index contributed by atoms with van der Waals surface area (Å²) in [5, 5.41) is 4.43. The van der Waals surface area contributed by atoms with Gasteiger partial charge in [-0.25, -0.2) is 4.39 Å². The van der Waals surface area contributed by atoms with Crippen LogP contribution in [0.4, 0.5) is 4.39 Å². The molecule has 0 bridgehead atoms. The molecule has 2 rings (SSSR count). The van der Waals surface area contributed by atoms with Crippen molar-refractivity contribution >= 4 is 21.4 Å². The predicted molar refractivity (Wildman–Crippen MR) is 73.2 cm³/mol. The lowest BCUT2D eigenvalue weighted by Crippen LogP contribution is -2.11. The molecular weight excluding hydrogens is 233 g/mol. The van der Waals surface area contributed by atoms with Crippen LogP contribution in [0, 0.1) is 5.82 Å². The van der Waals surface area contributed by atoms with E-state index in [-0.39, 0.29) is 5.82 Å². The third kappa shape index (κ3) is 2.50. The zero-order valence-corrected chi connectivity index (χ0v) is 11.2. The van der Waals surface area contributed by atoms with Crippen molar-refractivity contribution in [3.63, 3.8) is 0 Å². The highest BCUT2D eigenvalue weighted by molar-refractivity contribution is 7.19. The fourth-order valence-electron chi connectivity index (χ4n) is 2.09. The highest BCUT2D eigenvalue weighted by atomic mass is 32.1. The lowest BCUT2D eigenvalue weighted by Gasteiger charge is -2.03. The Kier molecular flexibility index (Phi) is 4.13. The molecule has 0 radical (unpaired) electrons. The van der Waals surface area contributed by atoms with Gasteiger partial charge in [0.2, 0.25) is 0 Å². The first-order valence-corrected chi connectivity index (χ1v) is 6.99. The molecule has 1 heterocycles. The van der Waals surface area contributed by atoms with E-state index in [9.17, 15) is 4.39 Å². The summed E-state index contributed by atoms with van der Waals surface area (Å²) in [6.45, 7) is 6.06. The van der Waals surface area contributed by atoms with Gasteiger partial charge in [0.05, 0.1) is 4.70 Å². The van der Waals surface area contributed by atoms with E-state index < -0.39 is 0 Å². The maximum atomic E-state index is 13.7. The molecule has 17 heavy (non-hydrogen) atoms. The van der Waals surface area contributed by atoms with E-state index in [0.717, 1.165) is 36.0 Å². The molecule has 0 amide bonds. The van der Waals surface area contributed by atoms with Crippen LogP contribution in [-0.2, 0) is 13.0 Å². The number of fused-ring (bicyclic) bond motifs is 1. The minimum atomic E-state index is -0.0902. The maximum absolute atomic E-state index is 13.7. The molecule has 0 saturated heterocycles. The monoisotopic (exact) mass is 251 g/mol. The van der Waals surface area contributed by atoms with E-state index >= 15 is 0 Å². The summed E-state index contributed by atoms with van der Waals surface area (Å²) in [6.07, 6.45) is 2.13. The van der Waals surface area contributed by atoms with E-state index in [1.165, 1.54) is 10.4 Å². The van der Waals surface area contributed by atoms with Gasteiger partial charge in [-0.15, -0.1) is 11.3 Å². The summed E-state index contributed by atoms with van der Waals surface area (Å²) in [5.74, 6) is -0.0902. The van der Waals surface area contributed by atoms with Crippen LogP contribution in [-0.4, -0.2) is 6.54 Å². The van der Waals surface area contributed by atoms with Crippen molar-refractivity contribution < 1.29 is 4.39 Å². The minimum absolute atomic E-state index is 0.0902. The molecule has 0 unspecified atom stereocenters. The number of thiophene rings is 1.